The Kier molecular flexibility index (Phi) is 7.00. The van der Waals surface area contributed by atoms with E-state index >= 15 is 0 Å². The van der Waals surface area contributed by atoms with Gasteiger partial charge in [-0.2, -0.15) is 0 Å². The minimum atomic E-state index is -0.497. The molecule has 1 heterocycles. The standard InChI is InChI=1S/C22H25FN4O3/c1-15-5-4-7-18(13-15)24-22(30)27-11-9-16(10-12-27)21(29)26-25-20(28)14-17-6-2-3-8-19(17)23/h2-8,13,16H,9-12,14H2,1H3,(H,24,30)(H,25,28)(H,26,29). The number of hydrogen-bond donors (Lipinski definition) is 3. The van der Waals surface area contributed by atoms with Crippen molar-refractivity contribution in [3.63, 3.8) is 0 Å². The second-order valence-corrected chi connectivity index (χ2v) is 7.37. The van der Waals surface area contributed by atoms with E-state index in [4.69, 9.17) is 0 Å². The van der Waals surface area contributed by atoms with E-state index in [-0.39, 0.29) is 29.8 Å². The Balaban J connectivity index is 1.41. The SMILES string of the molecule is Cc1cccc(NC(=O)N2CCC(C(=O)NNC(=O)Cc3ccccc3F)CC2)c1. The van der Waals surface area contributed by atoms with Crippen molar-refractivity contribution in [2.45, 2.75) is 26.2 Å². The Bertz CT molecular complexity index is 926. The second-order valence-electron chi connectivity index (χ2n) is 7.37. The topological polar surface area (TPSA) is 90.5 Å². The predicted molar refractivity (Wildman–Crippen MR) is 111 cm³/mol. The van der Waals surface area contributed by atoms with Crippen LogP contribution in [0, 0.1) is 18.7 Å². The number of aryl methyl sites for hydroxylation is 1. The van der Waals surface area contributed by atoms with Crippen molar-refractivity contribution in [2.75, 3.05) is 18.4 Å². The number of benzene rings is 2. The molecule has 4 amide bonds. The number of urea groups is 1. The summed E-state index contributed by atoms with van der Waals surface area (Å²) in [5.74, 6) is -1.57. The molecule has 1 aliphatic heterocycles. The molecule has 3 N–H and O–H groups in total. The van der Waals surface area contributed by atoms with Gasteiger partial charge in [-0.15, -0.1) is 0 Å². The molecular formula is C22H25FN4O3. The van der Waals surface area contributed by atoms with Crippen molar-refractivity contribution < 1.29 is 18.8 Å². The number of nitrogens with zero attached hydrogens (tertiary/aromatic N) is 1. The number of likely N-dealkylation sites (tertiary alicyclic amines) is 1. The lowest BCUT2D eigenvalue weighted by Crippen LogP contribution is -2.49. The summed E-state index contributed by atoms with van der Waals surface area (Å²) in [6.07, 6.45) is 0.830. The van der Waals surface area contributed by atoms with Crippen LogP contribution in [0.5, 0.6) is 0 Å². The third-order valence-electron chi connectivity index (χ3n) is 5.06. The van der Waals surface area contributed by atoms with E-state index in [9.17, 15) is 18.8 Å². The molecule has 0 aromatic heterocycles. The molecule has 1 aliphatic rings. The third kappa shape index (κ3) is 5.79. The zero-order valence-electron chi connectivity index (χ0n) is 16.8. The van der Waals surface area contributed by atoms with Crippen molar-refractivity contribution in [3.8, 4) is 0 Å². The van der Waals surface area contributed by atoms with E-state index in [1.54, 1.807) is 17.0 Å². The Morgan fingerprint density at radius 3 is 2.47 bits per heavy atom. The fourth-order valence-electron chi connectivity index (χ4n) is 3.36. The Labute approximate surface area is 174 Å². The molecule has 7 nitrogen and oxygen atoms in total. The molecule has 0 saturated carbocycles. The van der Waals surface area contributed by atoms with Crippen LogP contribution in [0.4, 0.5) is 14.9 Å². The van der Waals surface area contributed by atoms with Crippen molar-refractivity contribution >= 4 is 23.5 Å². The number of piperidine rings is 1. The molecule has 0 radical (unpaired) electrons. The van der Waals surface area contributed by atoms with Gasteiger partial charge in [0.05, 0.1) is 6.42 Å². The summed E-state index contributed by atoms with van der Waals surface area (Å²) in [5, 5.41) is 2.86. The lowest BCUT2D eigenvalue weighted by Gasteiger charge is -2.31. The van der Waals surface area contributed by atoms with Crippen LogP contribution in [0.3, 0.4) is 0 Å². The zero-order valence-corrected chi connectivity index (χ0v) is 16.8. The average molecular weight is 412 g/mol. The van der Waals surface area contributed by atoms with E-state index in [0.29, 0.717) is 25.9 Å². The van der Waals surface area contributed by atoms with Gasteiger partial charge >= 0.3 is 6.03 Å². The van der Waals surface area contributed by atoms with Gasteiger partial charge in [0.2, 0.25) is 11.8 Å². The van der Waals surface area contributed by atoms with Crippen molar-refractivity contribution in [2.24, 2.45) is 5.92 Å². The van der Waals surface area contributed by atoms with E-state index in [1.807, 2.05) is 31.2 Å². The highest BCUT2D eigenvalue weighted by Gasteiger charge is 2.27. The van der Waals surface area contributed by atoms with Gasteiger partial charge in [0, 0.05) is 24.7 Å². The van der Waals surface area contributed by atoms with Crippen LogP contribution in [0.1, 0.15) is 24.0 Å². The molecule has 0 aliphatic carbocycles. The molecule has 1 fully saturated rings. The molecule has 8 heteroatoms. The smallest absolute Gasteiger partial charge is 0.321 e. The third-order valence-corrected chi connectivity index (χ3v) is 5.06. The van der Waals surface area contributed by atoms with Gasteiger partial charge in [-0.3, -0.25) is 20.4 Å². The monoisotopic (exact) mass is 412 g/mol. The molecule has 0 bridgehead atoms. The van der Waals surface area contributed by atoms with Crippen LogP contribution >= 0.6 is 0 Å². The molecule has 30 heavy (non-hydrogen) atoms. The number of anilines is 1. The van der Waals surface area contributed by atoms with Gasteiger partial charge in [0.25, 0.3) is 0 Å². The largest absolute Gasteiger partial charge is 0.324 e. The van der Waals surface area contributed by atoms with Gasteiger partial charge in [0.1, 0.15) is 5.82 Å². The summed E-state index contributed by atoms with van der Waals surface area (Å²) in [4.78, 5) is 38.3. The normalized spacial score (nSPS) is 14.1. The van der Waals surface area contributed by atoms with Crippen LogP contribution in [0.2, 0.25) is 0 Å². The van der Waals surface area contributed by atoms with Gasteiger partial charge in [-0.1, -0.05) is 30.3 Å². The quantitative estimate of drug-likeness (QED) is 0.675. The fourth-order valence-corrected chi connectivity index (χ4v) is 3.36. The number of halogens is 1. The lowest BCUT2D eigenvalue weighted by molar-refractivity contribution is -0.131. The van der Waals surface area contributed by atoms with Crippen LogP contribution in [-0.2, 0) is 16.0 Å². The van der Waals surface area contributed by atoms with E-state index in [0.717, 1.165) is 11.3 Å². The van der Waals surface area contributed by atoms with Crippen LogP contribution < -0.4 is 16.2 Å². The maximum absolute atomic E-state index is 13.6. The van der Waals surface area contributed by atoms with Gasteiger partial charge < -0.3 is 10.2 Å². The second kappa shape index (κ2) is 9.87. The number of hydrogen-bond acceptors (Lipinski definition) is 3. The number of amides is 4. The predicted octanol–water partition coefficient (Wildman–Crippen LogP) is 2.77. The molecule has 2 aromatic rings. The molecule has 158 valence electrons. The highest BCUT2D eigenvalue weighted by Crippen LogP contribution is 2.19. The first-order valence-corrected chi connectivity index (χ1v) is 9.87. The molecule has 2 aromatic carbocycles. The minimum absolute atomic E-state index is 0.162. The summed E-state index contributed by atoms with van der Waals surface area (Å²) >= 11 is 0. The van der Waals surface area contributed by atoms with E-state index in [2.05, 4.69) is 16.2 Å². The molecule has 0 spiro atoms. The minimum Gasteiger partial charge on any atom is -0.324 e. The lowest BCUT2D eigenvalue weighted by atomic mass is 9.96. The van der Waals surface area contributed by atoms with Gasteiger partial charge in [0.15, 0.2) is 0 Å². The van der Waals surface area contributed by atoms with E-state index in [1.165, 1.54) is 12.1 Å². The van der Waals surface area contributed by atoms with Gasteiger partial charge in [-0.25, -0.2) is 9.18 Å². The summed E-state index contributed by atoms with van der Waals surface area (Å²) in [7, 11) is 0. The van der Waals surface area contributed by atoms with Crippen molar-refractivity contribution in [3.05, 3.63) is 65.5 Å². The molecule has 1 saturated heterocycles. The van der Waals surface area contributed by atoms with Crippen LogP contribution in [-0.4, -0.2) is 35.8 Å². The maximum Gasteiger partial charge on any atom is 0.321 e. The number of nitrogens with one attached hydrogen (secondary N) is 3. The molecular weight excluding hydrogens is 387 g/mol. The molecule has 0 atom stereocenters. The maximum atomic E-state index is 13.6. The van der Waals surface area contributed by atoms with Gasteiger partial charge in [-0.05, 0) is 49.1 Å². The summed E-state index contributed by atoms with van der Waals surface area (Å²) in [6, 6.07) is 13.4. The van der Waals surface area contributed by atoms with Crippen LogP contribution in [0.15, 0.2) is 48.5 Å². The number of carbonyl (C=O) groups excluding carboxylic acids is 3. The number of rotatable bonds is 4. The van der Waals surface area contributed by atoms with E-state index < -0.39 is 11.7 Å². The Hall–Kier alpha value is -3.42. The Morgan fingerprint density at radius 1 is 1.03 bits per heavy atom. The highest BCUT2D eigenvalue weighted by molar-refractivity contribution is 5.90. The summed E-state index contributed by atoms with van der Waals surface area (Å²) < 4.78 is 13.6. The van der Waals surface area contributed by atoms with Crippen molar-refractivity contribution in [1.82, 2.24) is 15.8 Å². The summed E-state index contributed by atoms with van der Waals surface area (Å²) in [6.45, 7) is 2.84. The first-order chi connectivity index (χ1) is 14.4. The van der Waals surface area contributed by atoms with Crippen LogP contribution in [0.25, 0.3) is 0 Å². The average Bonchev–Trinajstić information content (AvgIpc) is 2.74. The highest BCUT2D eigenvalue weighted by atomic mass is 19.1. The van der Waals surface area contributed by atoms with Crippen molar-refractivity contribution in [1.29, 1.82) is 0 Å². The number of carbonyl (C=O) groups is 3. The molecule has 3 rings (SSSR count). The number of hydrazine groups is 1. The fraction of sp³-hybridized carbons (Fsp3) is 0.318. The first kappa shape index (κ1) is 21.3. The summed E-state index contributed by atoms with van der Waals surface area (Å²) in [5.41, 5.74) is 6.78. The zero-order chi connectivity index (χ0) is 21.5. The first-order valence-electron chi connectivity index (χ1n) is 9.87. The Morgan fingerprint density at radius 2 is 1.77 bits per heavy atom. The molecule has 0 unspecified atom stereocenters.